The summed E-state index contributed by atoms with van der Waals surface area (Å²) in [5.41, 5.74) is 0. The normalized spacial score (nSPS) is 3.75. The molecule has 0 aromatic carbocycles. The maximum absolute atomic E-state index is 7.51. The van der Waals surface area contributed by atoms with Crippen molar-refractivity contribution in [3.8, 4) is 6.07 Å². The molecule has 1 heteroatoms. The highest BCUT2D eigenvalue weighted by Crippen LogP contribution is 1.41. The molecule has 0 saturated carbocycles. The summed E-state index contributed by atoms with van der Waals surface area (Å²) in [5, 5.41) is 7.51. The zero-order valence-electron chi connectivity index (χ0n) is 2.23. The van der Waals surface area contributed by atoms with Gasteiger partial charge in [0.2, 0.25) is 0 Å². The van der Waals surface area contributed by atoms with Gasteiger partial charge in [0.25, 0.3) is 0 Å². The maximum Gasteiger partial charge on any atom is 0.0905 e. The Hall–Kier alpha value is -0.770. The van der Waals surface area contributed by atoms with E-state index in [9.17, 15) is 0 Å². The second kappa shape index (κ2) is 2.23. The van der Waals surface area contributed by atoms with Crippen molar-refractivity contribution in [1.29, 1.82) is 5.26 Å². The lowest BCUT2D eigenvalue weighted by atomic mass is 11.7. The van der Waals surface area contributed by atoms with E-state index in [4.69, 9.17) is 5.26 Å². The van der Waals surface area contributed by atoms with Crippen LogP contribution in [0.5, 0.6) is 0 Å². The van der Waals surface area contributed by atoms with Gasteiger partial charge in [-0.15, -0.1) is 0 Å². The molecule has 0 aromatic rings. The first-order valence-corrected chi connectivity index (χ1v) is 0.921. The second-order valence-electron chi connectivity index (χ2n) is 0.333. The topological polar surface area (TPSA) is 23.8 Å². The van der Waals surface area contributed by atoms with Crippen LogP contribution < -0.4 is 0 Å². The number of hydrogen-bond donors (Lipinski definition) is 0. The molecule has 0 spiro atoms. The van der Waals surface area contributed by atoms with E-state index in [1.165, 1.54) is 6.08 Å². The molecule has 0 unspecified atom stereocenters. The van der Waals surface area contributed by atoms with Gasteiger partial charge in [0.15, 0.2) is 0 Å². The van der Waals surface area contributed by atoms with Crippen LogP contribution in [0.1, 0.15) is 0 Å². The van der Waals surface area contributed by atoms with Crippen LogP contribution in [0.4, 0.5) is 0 Å². The van der Waals surface area contributed by atoms with Crippen molar-refractivity contribution in [1.82, 2.24) is 0 Å². The SMILES string of the molecule is [13CH2]=[13CH][13C]#N. The minimum atomic E-state index is 1.18. The van der Waals surface area contributed by atoms with Crippen molar-refractivity contribution in [2.75, 3.05) is 0 Å². The summed E-state index contributed by atoms with van der Waals surface area (Å²) in [5.74, 6) is 0. The molecular weight excluding hydrogens is 53.0 g/mol. The number of nitrogens with zero attached hydrogens (tertiary/aromatic N) is 1. The molecule has 0 rings (SSSR count). The molecule has 20 valence electrons. The third-order valence-corrected chi connectivity index (χ3v) is 0.0913. The van der Waals surface area contributed by atoms with Crippen LogP contribution in [0.3, 0.4) is 0 Å². The second-order valence-corrected chi connectivity index (χ2v) is 0.333. The molecule has 0 bridgehead atoms. The smallest absolute Gasteiger partial charge is 0.0905 e. The van der Waals surface area contributed by atoms with Crippen molar-refractivity contribution >= 4 is 0 Å². The summed E-state index contributed by atoms with van der Waals surface area (Å²) in [7, 11) is 0. The maximum atomic E-state index is 7.51. The van der Waals surface area contributed by atoms with E-state index in [1.807, 2.05) is 0 Å². The summed E-state index contributed by atoms with van der Waals surface area (Å²) < 4.78 is 0. The largest absolute Gasteiger partial charge is 0.193 e. The van der Waals surface area contributed by atoms with E-state index >= 15 is 0 Å². The highest BCUT2D eigenvalue weighted by atomic mass is 14.5. The van der Waals surface area contributed by atoms with Gasteiger partial charge in [0, 0.05) is 6.08 Å². The van der Waals surface area contributed by atoms with Gasteiger partial charge in [0.05, 0.1) is 6.07 Å². The molecule has 4 heavy (non-hydrogen) atoms. The quantitative estimate of drug-likeness (QED) is 0.296. The molecule has 0 aliphatic heterocycles. The zero-order chi connectivity index (χ0) is 3.41. The fourth-order valence-corrected chi connectivity index (χ4v) is 0. The summed E-state index contributed by atoms with van der Waals surface area (Å²) in [6.07, 6.45) is 1.18. The average Bonchev–Trinajstić information content (AvgIpc) is 1.37. The Bertz CT molecular complexity index is 48.8. The van der Waals surface area contributed by atoms with E-state index in [2.05, 4.69) is 6.58 Å². The van der Waals surface area contributed by atoms with Gasteiger partial charge in [-0.25, -0.2) is 0 Å². The Kier molecular flexibility index (Phi) is 1.80. The minimum absolute atomic E-state index is 1.18. The number of rotatable bonds is 0. The lowest BCUT2D eigenvalue weighted by molar-refractivity contribution is 1.54. The molecular formula is C3H3N. The van der Waals surface area contributed by atoms with Crippen LogP contribution in [0.15, 0.2) is 12.7 Å². The van der Waals surface area contributed by atoms with Crippen LogP contribution in [0, 0.1) is 11.3 Å². The van der Waals surface area contributed by atoms with E-state index in [-0.39, 0.29) is 0 Å². The Morgan fingerprint density at radius 1 is 2.00 bits per heavy atom. The van der Waals surface area contributed by atoms with Crippen LogP contribution in [-0.4, -0.2) is 0 Å². The van der Waals surface area contributed by atoms with Crippen molar-refractivity contribution in [3.05, 3.63) is 12.7 Å². The third kappa shape index (κ3) is 1.23. The lowest BCUT2D eigenvalue weighted by Crippen LogP contribution is -1.23. The molecule has 0 aliphatic carbocycles. The fraction of sp³-hybridized carbons (Fsp3) is 0. The Morgan fingerprint density at radius 3 is 2.25 bits per heavy atom. The van der Waals surface area contributed by atoms with Gasteiger partial charge >= 0.3 is 0 Å². The molecule has 0 aliphatic rings. The Balaban J connectivity index is 2.92. The van der Waals surface area contributed by atoms with Crippen molar-refractivity contribution in [2.45, 2.75) is 0 Å². The fourth-order valence-electron chi connectivity index (χ4n) is 0. The van der Waals surface area contributed by atoms with Gasteiger partial charge in [-0.1, -0.05) is 6.58 Å². The molecule has 0 amide bonds. The van der Waals surface area contributed by atoms with E-state index in [0.29, 0.717) is 0 Å². The van der Waals surface area contributed by atoms with E-state index in [0.717, 1.165) is 0 Å². The zero-order valence-corrected chi connectivity index (χ0v) is 2.23. The number of allylic oxidation sites excluding steroid dienone is 1. The average molecular weight is 56.0 g/mol. The van der Waals surface area contributed by atoms with Crippen molar-refractivity contribution in [3.63, 3.8) is 0 Å². The molecule has 1 nitrogen and oxygen atoms in total. The van der Waals surface area contributed by atoms with E-state index in [1.54, 1.807) is 6.07 Å². The summed E-state index contributed by atoms with van der Waals surface area (Å²) in [4.78, 5) is 0. The molecule has 0 fully saturated rings. The summed E-state index contributed by atoms with van der Waals surface area (Å²) in [6.45, 7) is 3.12. The molecule has 0 N–H and O–H groups in total. The predicted octanol–water partition coefficient (Wildman–Crippen LogP) is 0.696. The molecule has 0 aromatic heterocycles. The van der Waals surface area contributed by atoms with Crippen LogP contribution in [0.2, 0.25) is 0 Å². The molecule has 0 radical (unpaired) electrons. The Labute approximate surface area is 25.2 Å². The van der Waals surface area contributed by atoms with Crippen molar-refractivity contribution < 1.29 is 0 Å². The first-order valence-electron chi connectivity index (χ1n) is 0.921. The van der Waals surface area contributed by atoms with Gasteiger partial charge in [-0.3, -0.25) is 0 Å². The third-order valence-electron chi connectivity index (χ3n) is 0.0913. The van der Waals surface area contributed by atoms with Gasteiger partial charge in [-0.05, 0) is 0 Å². The standard InChI is InChI=1S/C3H3N/c1-2-3-4/h2H,1H2/i1+1,2+1,3+1. The minimum Gasteiger partial charge on any atom is -0.193 e. The summed E-state index contributed by atoms with van der Waals surface area (Å²) in [6, 6.07) is 1.69. The molecule has 0 heterocycles. The van der Waals surface area contributed by atoms with Gasteiger partial charge < -0.3 is 0 Å². The van der Waals surface area contributed by atoms with E-state index < -0.39 is 0 Å². The van der Waals surface area contributed by atoms with Crippen LogP contribution in [0.25, 0.3) is 0 Å². The van der Waals surface area contributed by atoms with Gasteiger partial charge in [0.1, 0.15) is 0 Å². The summed E-state index contributed by atoms with van der Waals surface area (Å²) >= 11 is 0. The van der Waals surface area contributed by atoms with Crippen LogP contribution >= 0.6 is 0 Å². The van der Waals surface area contributed by atoms with Crippen molar-refractivity contribution in [2.24, 2.45) is 0 Å². The highest BCUT2D eigenvalue weighted by Gasteiger charge is 1.34. The predicted molar refractivity (Wildman–Crippen MR) is 15.8 cm³/mol. The monoisotopic (exact) mass is 56.0 g/mol. The van der Waals surface area contributed by atoms with Crippen LogP contribution in [-0.2, 0) is 0 Å². The lowest BCUT2D eigenvalue weighted by Gasteiger charge is -1.31. The first kappa shape index (κ1) is 3.23. The Morgan fingerprint density at radius 2 is 2.25 bits per heavy atom. The number of nitriles is 1. The number of hydrogen-bond acceptors (Lipinski definition) is 1. The van der Waals surface area contributed by atoms with Gasteiger partial charge in [-0.2, -0.15) is 5.26 Å². The highest BCUT2D eigenvalue weighted by molar-refractivity contribution is 4.93. The first-order chi connectivity index (χ1) is 1.91. The molecule has 0 saturated heterocycles. The molecule has 0 atom stereocenters.